The summed E-state index contributed by atoms with van der Waals surface area (Å²) in [6.07, 6.45) is -2.95. The van der Waals surface area contributed by atoms with Gasteiger partial charge in [0.2, 0.25) is 15.9 Å². The van der Waals surface area contributed by atoms with Crippen LogP contribution in [0.5, 0.6) is 0 Å². The Morgan fingerprint density at radius 1 is 0.984 bits per heavy atom. The summed E-state index contributed by atoms with van der Waals surface area (Å²) in [5.41, 5.74) is -3.42. The summed E-state index contributed by atoms with van der Waals surface area (Å²) in [5.74, 6) is -10.3. The molecule has 2 aliphatic carbocycles. The molecule has 4 heterocycles. The number of nitrogens with one attached hydrogen (secondary N) is 2. The van der Waals surface area contributed by atoms with Gasteiger partial charge in [0.25, 0.3) is 17.9 Å². The Labute approximate surface area is 360 Å². The molecule has 4 aromatic heterocycles. The van der Waals surface area contributed by atoms with Crippen LogP contribution in [0, 0.1) is 23.4 Å². The van der Waals surface area contributed by atoms with E-state index >= 15 is 13.2 Å². The first-order chi connectivity index (χ1) is 29.7. The zero-order valence-corrected chi connectivity index (χ0v) is 34.6. The smallest absolute Gasteiger partial charge is 0.293 e. The number of rotatable bonds is 11. The first-order valence-corrected chi connectivity index (χ1v) is 21.4. The number of hydrogen-bond acceptors (Lipinski definition) is 8. The number of carbonyl (C=O) groups excluding carboxylic acids is 1. The second-order valence-electron chi connectivity index (χ2n) is 15.2. The highest BCUT2D eigenvalue weighted by atomic mass is 35.5. The zero-order chi connectivity index (χ0) is 45.0. The van der Waals surface area contributed by atoms with Crippen LogP contribution < -0.4 is 15.6 Å². The molecule has 0 saturated heterocycles. The number of nitrogens with zero attached hydrogens (tertiary/aromatic N) is 7. The van der Waals surface area contributed by atoms with Crippen molar-refractivity contribution in [1.29, 1.82) is 0 Å². The van der Waals surface area contributed by atoms with Crippen LogP contribution in [0.2, 0.25) is 10.0 Å². The monoisotopic (exact) mass is 933 g/mol. The highest BCUT2D eigenvalue weighted by molar-refractivity contribution is 7.92. The number of alkyl halides is 4. The van der Waals surface area contributed by atoms with E-state index in [1.807, 2.05) is 0 Å². The van der Waals surface area contributed by atoms with Gasteiger partial charge in [0.05, 0.1) is 45.0 Å². The largest absolute Gasteiger partial charge is 0.344 e. The quantitative estimate of drug-likeness (QED) is 0.124. The summed E-state index contributed by atoms with van der Waals surface area (Å²) >= 11 is 12.6. The average molecular weight is 935 g/mol. The highest BCUT2D eigenvalue weighted by Crippen LogP contribution is 2.68. The van der Waals surface area contributed by atoms with Crippen LogP contribution in [0.15, 0.2) is 65.5 Å². The maximum absolute atomic E-state index is 15.5. The van der Waals surface area contributed by atoms with E-state index in [0.717, 1.165) is 29.0 Å². The number of pyridine rings is 1. The molecule has 13 nitrogen and oxygen atoms in total. The third-order valence-corrected chi connectivity index (χ3v) is 12.0. The Morgan fingerprint density at radius 3 is 2.40 bits per heavy atom. The minimum Gasteiger partial charge on any atom is -0.344 e. The molecule has 3 atom stereocenters. The Balaban J connectivity index is 1.26. The van der Waals surface area contributed by atoms with Crippen molar-refractivity contribution in [2.45, 2.75) is 43.7 Å². The summed E-state index contributed by atoms with van der Waals surface area (Å²) in [4.78, 5) is 38.2. The van der Waals surface area contributed by atoms with Crippen molar-refractivity contribution >= 4 is 66.9 Å². The zero-order valence-electron chi connectivity index (χ0n) is 32.3. The summed E-state index contributed by atoms with van der Waals surface area (Å²) < 4.78 is 134. The van der Waals surface area contributed by atoms with Crippen LogP contribution in [-0.4, -0.2) is 54.7 Å². The normalized spacial score (nSPS) is 17.0. The molecule has 7 aromatic rings. The summed E-state index contributed by atoms with van der Waals surface area (Å²) in [7, 11) is -2.54. The number of carbonyl (C=O) groups is 1. The van der Waals surface area contributed by atoms with Gasteiger partial charge in [-0.25, -0.2) is 40.3 Å². The first-order valence-electron chi connectivity index (χ1n) is 18.7. The number of aryl methyl sites for hydroxylation is 1. The Bertz CT molecular complexity index is 3250. The van der Waals surface area contributed by atoms with Gasteiger partial charge >= 0.3 is 0 Å². The Morgan fingerprint density at radius 2 is 1.71 bits per heavy atom. The minimum atomic E-state index is -3.95. The standard InChI is InChI=1S/C40H28Cl2F7N9O4S/c1-56-33-28(8-6-24(42)31(33)37(54-56)55-63(2,61)62)58-38(52-36-21(39(58)60)5-7-26(51-36)20-4-3-17(41)12-25(20)45)27(11-16-9-18(43)13-19(44)10-16)50-29(59)15-57-34-30(32(53-57)35(46)47)22-14-23(22)40(34,48)49/h3-10,12-13,22-23,27,35H,11,14-15H2,1-2H3,(H,50,59)(H,54,55)/t22-,23+,27-/m0/s1. The molecule has 0 unspecified atom stereocenters. The van der Waals surface area contributed by atoms with Crippen molar-refractivity contribution in [3.8, 4) is 16.9 Å². The van der Waals surface area contributed by atoms with E-state index in [9.17, 15) is 35.6 Å². The molecule has 1 amide bonds. The number of hydrogen-bond donors (Lipinski definition) is 2. The maximum atomic E-state index is 15.5. The molecule has 0 radical (unpaired) electrons. The van der Waals surface area contributed by atoms with Crippen molar-refractivity contribution in [3.63, 3.8) is 0 Å². The van der Waals surface area contributed by atoms with Gasteiger partial charge in [-0.15, -0.1) is 0 Å². The van der Waals surface area contributed by atoms with Crippen molar-refractivity contribution in [3.05, 3.63) is 127 Å². The lowest BCUT2D eigenvalue weighted by Crippen LogP contribution is -2.38. The SMILES string of the molecule is Cn1nc(NS(C)(=O)=O)c2c(Cl)ccc(-n3c([C@H](Cc4cc(F)cc(F)c4)NC(=O)Cn4nc(C(F)F)c5c4C(F)(F)[C@@H]4C[C@H]54)nc4nc(-c5ccc(Cl)cc5F)ccc4c3=O)c21. The van der Waals surface area contributed by atoms with Crippen molar-refractivity contribution < 1.29 is 43.9 Å². The van der Waals surface area contributed by atoms with Gasteiger partial charge in [-0.1, -0.05) is 23.2 Å². The van der Waals surface area contributed by atoms with E-state index < -0.39 is 99.3 Å². The maximum Gasteiger partial charge on any atom is 0.293 e. The van der Waals surface area contributed by atoms with E-state index in [1.165, 1.54) is 48.1 Å². The van der Waals surface area contributed by atoms with Crippen LogP contribution in [0.3, 0.4) is 0 Å². The lowest BCUT2D eigenvalue weighted by Gasteiger charge is -2.24. The predicted octanol–water partition coefficient (Wildman–Crippen LogP) is 7.87. The summed E-state index contributed by atoms with van der Waals surface area (Å²) in [6, 6.07) is 9.89. The van der Waals surface area contributed by atoms with Crippen molar-refractivity contribution in [2.75, 3.05) is 11.0 Å². The van der Waals surface area contributed by atoms with Gasteiger partial charge in [-0.05, 0) is 72.5 Å². The van der Waals surface area contributed by atoms with Gasteiger partial charge in [-0.2, -0.15) is 19.0 Å². The number of amides is 1. The van der Waals surface area contributed by atoms with E-state index in [2.05, 4.69) is 30.2 Å². The number of benzene rings is 3. The molecule has 3 aromatic carbocycles. The molecule has 1 saturated carbocycles. The predicted molar refractivity (Wildman–Crippen MR) is 216 cm³/mol. The number of anilines is 1. The van der Waals surface area contributed by atoms with Crippen LogP contribution in [0.4, 0.5) is 36.6 Å². The van der Waals surface area contributed by atoms with Gasteiger partial charge < -0.3 is 5.32 Å². The topological polar surface area (TPSA) is 159 Å². The van der Waals surface area contributed by atoms with E-state index in [-0.39, 0.29) is 72.3 Å². The lowest BCUT2D eigenvalue weighted by molar-refractivity contribution is -0.123. The molecule has 326 valence electrons. The Kier molecular flexibility index (Phi) is 10.1. The summed E-state index contributed by atoms with van der Waals surface area (Å²) in [6.45, 7) is -1.04. The number of fused-ring (bicyclic) bond motifs is 5. The van der Waals surface area contributed by atoms with Gasteiger partial charge in [0.15, 0.2) is 11.5 Å². The summed E-state index contributed by atoms with van der Waals surface area (Å²) in [5, 5.41) is 10.5. The highest BCUT2D eigenvalue weighted by Gasteiger charge is 2.67. The molecular formula is C40H28Cl2F7N9O4S. The van der Waals surface area contributed by atoms with E-state index in [1.54, 1.807) is 0 Å². The Hall–Kier alpha value is -6.06. The van der Waals surface area contributed by atoms with Crippen LogP contribution >= 0.6 is 23.2 Å². The van der Waals surface area contributed by atoms with Gasteiger partial charge in [-0.3, -0.25) is 28.2 Å². The number of aromatic nitrogens is 7. The molecule has 0 bridgehead atoms. The fraction of sp³-hybridized carbons (Fsp3) is 0.250. The number of halogens is 9. The molecule has 0 spiro atoms. The van der Waals surface area contributed by atoms with Gasteiger partial charge in [0, 0.05) is 41.6 Å². The molecule has 1 fully saturated rings. The molecule has 9 rings (SSSR count). The molecular weight excluding hydrogens is 906 g/mol. The van der Waals surface area contributed by atoms with Crippen molar-refractivity contribution in [2.24, 2.45) is 13.0 Å². The molecule has 23 heteroatoms. The molecule has 2 N–H and O–H groups in total. The second kappa shape index (κ2) is 15.0. The molecule has 2 aliphatic rings. The van der Waals surface area contributed by atoms with E-state index in [4.69, 9.17) is 23.2 Å². The number of sulfonamides is 1. The molecule has 63 heavy (non-hydrogen) atoms. The third-order valence-electron chi connectivity index (χ3n) is 10.9. The fourth-order valence-electron chi connectivity index (χ4n) is 8.31. The lowest BCUT2D eigenvalue weighted by atomic mass is 10.0. The third kappa shape index (κ3) is 7.44. The minimum absolute atomic E-state index is 0.0147. The first kappa shape index (κ1) is 42.3. The average Bonchev–Trinajstić information content (AvgIpc) is 3.72. The van der Waals surface area contributed by atoms with Crippen LogP contribution in [0.25, 0.3) is 38.9 Å². The van der Waals surface area contributed by atoms with Crippen LogP contribution in [0.1, 0.15) is 53.1 Å². The second-order valence-corrected chi connectivity index (χ2v) is 17.8. The van der Waals surface area contributed by atoms with E-state index in [0.29, 0.717) is 10.7 Å². The molecule has 0 aliphatic heterocycles. The van der Waals surface area contributed by atoms with Crippen LogP contribution in [-0.2, 0) is 40.8 Å². The fourth-order valence-corrected chi connectivity index (χ4v) is 9.20. The van der Waals surface area contributed by atoms with Gasteiger partial charge in [0.1, 0.15) is 41.2 Å². The van der Waals surface area contributed by atoms with Crippen molar-refractivity contribution in [1.82, 2.24) is 39.4 Å².